The number of hydrogen-bond acceptors (Lipinski definition) is 7. The van der Waals surface area contributed by atoms with Crippen molar-refractivity contribution in [2.45, 2.75) is 13.3 Å². The number of rotatable bonds is 7. The van der Waals surface area contributed by atoms with Gasteiger partial charge < -0.3 is 14.5 Å². The number of amides is 1. The molecular weight excluding hydrogens is 509 g/mol. The quantitative estimate of drug-likeness (QED) is 0.347. The number of aromatic nitrogens is 2. The smallest absolute Gasteiger partial charge is 0.261 e. The minimum atomic E-state index is -3.43. The van der Waals surface area contributed by atoms with Crippen LogP contribution in [0.3, 0.4) is 0 Å². The highest BCUT2D eigenvalue weighted by Gasteiger charge is 2.31. The number of ether oxygens (including phenoxy) is 1. The van der Waals surface area contributed by atoms with E-state index in [-0.39, 0.29) is 5.91 Å². The Hall–Kier alpha value is -4.25. The maximum atomic E-state index is 14.0. The van der Waals surface area contributed by atoms with Gasteiger partial charge in [-0.15, -0.1) is 0 Å². The Kier molecular flexibility index (Phi) is 6.62. The molecule has 3 heterocycles. The molecule has 196 valence electrons. The van der Waals surface area contributed by atoms with Gasteiger partial charge in [-0.1, -0.05) is 24.3 Å². The highest BCUT2D eigenvalue weighted by Crippen LogP contribution is 2.38. The summed E-state index contributed by atoms with van der Waals surface area (Å²) in [6.45, 7) is 2.64. The first-order valence-electron chi connectivity index (χ1n) is 12.0. The summed E-state index contributed by atoms with van der Waals surface area (Å²) in [5.41, 5.74) is 2.17. The first kappa shape index (κ1) is 25.4. The molecule has 2 aromatic carbocycles. The van der Waals surface area contributed by atoms with Crippen LogP contribution in [0, 0.1) is 5.95 Å². The number of sulfonamides is 1. The van der Waals surface area contributed by atoms with Gasteiger partial charge in [-0.3, -0.25) is 9.52 Å². The average Bonchev–Trinajstić information content (AvgIpc) is 2.97. The molecule has 9 nitrogen and oxygen atoms in total. The molecule has 5 rings (SSSR count). The van der Waals surface area contributed by atoms with E-state index in [2.05, 4.69) is 14.7 Å². The molecule has 2 aromatic heterocycles. The maximum Gasteiger partial charge on any atom is 0.261 e. The van der Waals surface area contributed by atoms with Gasteiger partial charge in [-0.25, -0.2) is 13.4 Å². The summed E-state index contributed by atoms with van der Waals surface area (Å²) in [5, 5.41) is 1.49. The third-order valence-corrected chi connectivity index (χ3v) is 6.89. The molecule has 0 unspecified atom stereocenters. The number of nitrogens with one attached hydrogen (secondary N) is 1. The van der Waals surface area contributed by atoms with Gasteiger partial charge in [0.15, 0.2) is 5.82 Å². The predicted molar refractivity (Wildman–Crippen MR) is 145 cm³/mol. The molecule has 0 fully saturated rings. The monoisotopic (exact) mass is 535 g/mol. The largest absolute Gasteiger partial charge is 0.493 e. The fraction of sp³-hybridized carbons (Fsp3) is 0.222. The van der Waals surface area contributed by atoms with Crippen LogP contribution in [0.5, 0.6) is 5.75 Å². The molecule has 38 heavy (non-hydrogen) atoms. The second kappa shape index (κ2) is 9.90. The fourth-order valence-electron chi connectivity index (χ4n) is 4.54. The topological polar surface area (TPSA) is 105 Å². The second-order valence-corrected chi connectivity index (χ2v) is 10.7. The molecule has 0 saturated carbocycles. The van der Waals surface area contributed by atoms with Crippen molar-refractivity contribution in [3.8, 4) is 5.75 Å². The Morgan fingerprint density at radius 2 is 1.82 bits per heavy atom. The summed E-state index contributed by atoms with van der Waals surface area (Å²) < 4.78 is 46.1. The van der Waals surface area contributed by atoms with E-state index < -0.39 is 16.0 Å². The third kappa shape index (κ3) is 4.84. The number of carbonyl (C=O) groups excluding carboxylic acids is 1. The molecule has 0 bridgehead atoms. The zero-order valence-corrected chi connectivity index (χ0v) is 21.9. The minimum absolute atomic E-state index is 0.263. The van der Waals surface area contributed by atoms with Crippen molar-refractivity contribution < 1.29 is 22.3 Å². The Balaban J connectivity index is 1.39. The van der Waals surface area contributed by atoms with Crippen molar-refractivity contribution in [1.29, 1.82) is 0 Å². The van der Waals surface area contributed by atoms with Crippen molar-refractivity contribution >= 4 is 49.7 Å². The van der Waals surface area contributed by atoms with Gasteiger partial charge in [0.05, 0.1) is 29.8 Å². The lowest BCUT2D eigenvalue weighted by Crippen LogP contribution is -2.25. The Morgan fingerprint density at radius 1 is 1.05 bits per heavy atom. The van der Waals surface area contributed by atoms with Crippen molar-refractivity contribution in [2.75, 3.05) is 41.0 Å². The van der Waals surface area contributed by atoms with Crippen LogP contribution in [0.1, 0.15) is 22.8 Å². The van der Waals surface area contributed by atoms with E-state index in [1.54, 1.807) is 42.4 Å². The molecule has 0 atom stereocenters. The van der Waals surface area contributed by atoms with E-state index in [4.69, 9.17) is 4.74 Å². The number of benzene rings is 2. The highest BCUT2D eigenvalue weighted by molar-refractivity contribution is 7.92. The van der Waals surface area contributed by atoms with Crippen LogP contribution < -0.4 is 19.3 Å². The molecule has 11 heteroatoms. The standard InChI is InChI=1S/C27H26FN5O4S/c1-4-33-25-20(27(34)32(2)22-10-12-24(28)30-26(22)33)15-17(16-29-25)13-14-37-23-11-9-21(31-38(3,35)36)18-7-5-6-8-19(18)23/h5-12,15-16,31H,4,13-14H2,1-3H3. The first-order chi connectivity index (χ1) is 18.2. The maximum absolute atomic E-state index is 14.0. The van der Waals surface area contributed by atoms with Gasteiger partial charge in [-0.2, -0.15) is 9.37 Å². The van der Waals surface area contributed by atoms with Gasteiger partial charge in [0.25, 0.3) is 5.91 Å². The van der Waals surface area contributed by atoms with E-state index in [1.165, 1.54) is 11.0 Å². The van der Waals surface area contributed by atoms with Gasteiger partial charge in [-0.05, 0) is 42.8 Å². The van der Waals surface area contributed by atoms with E-state index in [9.17, 15) is 17.6 Å². The molecule has 0 saturated heterocycles. The molecule has 0 spiro atoms. The number of hydrogen-bond donors (Lipinski definition) is 1. The van der Waals surface area contributed by atoms with E-state index in [0.717, 1.165) is 22.6 Å². The second-order valence-electron chi connectivity index (χ2n) is 8.93. The summed E-state index contributed by atoms with van der Waals surface area (Å²) in [4.78, 5) is 25.1. The molecule has 1 amide bonds. The van der Waals surface area contributed by atoms with Gasteiger partial charge >= 0.3 is 0 Å². The van der Waals surface area contributed by atoms with Crippen LogP contribution in [0.4, 0.5) is 27.4 Å². The zero-order chi connectivity index (χ0) is 27.0. The lowest BCUT2D eigenvalue weighted by Gasteiger charge is -2.22. The average molecular weight is 536 g/mol. The SMILES string of the molecule is CCN1c2ncc(CCOc3ccc(NS(C)(=O)=O)c4ccccc34)cc2C(=O)N(C)c2ccc(F)nc21. The molecule has 1 aliphatic rings. The summed E-state index contributed by atoms with van der Waals surface area (Å²) in [6, 6.07) is 15.3. The summed E-state index contributed by atoms with van der Waals surface area (Å²) >= 11 is 0. The molecular formula is C27H26FN5O4S. The number of fused-ring (bicyclic) bond motifs is 3. The summed E-state index contributed by atoms with van der Waals surface area (Å²) in [6.07, 6.45) is 3.26. The number of pyridine rings is 2. The van der Waals surface area contributed by atoms with Crippen LogP contribution in [0.25, 0.3) is 10.8 Å². The van der Waals surface area contributed by atoms with Crippen molar-refractivity contribution in [2.24, 2.45) is 0 Å². The minimum Gasteiger partial charge on any atom is -0.493 e. The molecule has 1 aliphatic heterocycles. The molecule has 4 aromatic rings. The zero-order valence-electron chi connectivity index (χ0n) is 21.1. The van der Waals surface area contributed by atoms with Gasteiger partial charge in [0.2, 0.25) is 16.0 Å². The number of halogens is 1. The normalized spacial score (nSPS) is 13.2. The van der Waals surface area contributed by atoms with Crippen molar-refractivity contribution in [3.63, 3.8) is 0 Å². The third-order valence-electron chi connectivity index (χ3n) is 6.30. The number of anilines is 4. The number of nitrogens with zero attached hydrogens (tertiary/aromatic N) is 4. The van der Waals surface area contributed by atoms with Crippen LogP contribution in [0.2, 0.25) is 0 Å². The summed E-state index contributed by atoms with van der Waals surface area (Å²) in [5.74, 6) is 0.477. The van der Waals surface area contributed by atoms with Crippen molar-refractivity contribution in [3.05, 3.63) is 77.9 Å². The van der Waals surface area contributed by atoms with E-state index >= 15 is 0 Å². The Labute approximate surface area is 219 Å². The lowest BCUT2D eigenvalue weighted by molar-refractivity contribution is 0.0994. The molecule has 0 aliphatic carbocycles. The van der Waals surface area contributed by atoms with E-state index in [0.29, 0.717) is 53.9 Å². The van der Waals surface area contributed by atoms with Crippen molar-refractivity contribution in [1.82, 2.24) is 9.97 Å². The van der Waals surface area contributed by atoms with Crippen LogP contribution in [-0.2, 0) is 16.4 Å². The summed E-state index contributed by atoms with van der Waals surface area (Å²) in [7, 11) is -1.80. The predicted octanol–water partition coefficient (Wildman–Crippen LogP) is 4.51. The first-order valence-corrected chi connectivity index (χ1v) is 13.9. The molecule has 0 radical (unpaired) electrons. The van der Waals surface area contributed by atoms with Gasteiger partial charge in [0.1, 0.15) is 11.6 Å². The van der Waals surface area contributed by atoms with Crippen LogP contribution >= 0.6 is 0 Å². The Bertz CT molecular complexity index is 1660. The highest BCUT2D eigenvalue weighted by atomic mass is 32.2. The van der Waals surface area contributed by atoms with Gasteiger partial charge in [0, 0.05) is 37.0 Å². The van der Waals surface area contributed by atoms with Crippen LogP contribution in [0.15, 0.2) is 60.8 Å². The fourth-order valence-corrected chi connectivity index (χ4v) is 5.12. The van der Waals surface area contributed by atoms with Crippen LogP contribution in [-0.4, -0.2) is 50.7 Å². The molecule has 1 N–H and O–H groups in total. The number of carbonyl (C=O) groups is 1. The Morgan fingerprint density at radius 3 is 2.55 bits per heavy atom. The van der Waals surface area contributed by atoms with E-state index in [1.807, 2.05) is 31.2 Å². The lowest BCUT2D eigenvalue weighted by atomic mass is 10.1.